The third-order valence-electron chi connectivity index (χ3n) is 4.41. The molecule has 3 rings (SSSR count). The maximum atomic E-state index is 12.6. The Labute approximate surface area is 113 Å². The molecule has 0 aromatic carbocycles. The minimum atomic E-state index is 0.118. The molecule has 2 atom stereocenters. The van der Waals surface area contributed by atoms with Crippen LogP contribution in [0, 0.1) is 5.92 Å². The van der Waals surface area contributed by atoms with Crippen molar-refractivity contribution in [3.63, 3.8) is 0 Å². The van der Waals surface area contributed by atoms with Crippen LogP contribution in [0.15, 0.2) is 18.3 Å². The molecule has 1 amide bonds. The van der Waals surface area contributed by atoms with E-state index in [1.165, 1.54) is 19.3 Å². The standard InChI is InChI=1S/C14H20N4O/c15-17-13-7-6-11(9-16-13)14(19)18-8-2-4-10-3-1-5-12(10)18/h6-7,9-10,12H,1-5,8,15H2,(H,16,17). The molecule has 1 aliphatic heterocycles. The van der Waals surface area contributed by atoms with E-state index in [-0.39, 0.29) is 5.91 Å². The molecule has 102 valence electrons. The number of nitrogens with one attached hydrogen (secondary N) is 1. The number of fused-ring (bicyclic) bond motifs is 1. The monoisotopic (exact) mass is 260 g/mol. The number of pyridine rings is 1. The zero-order valence-electron chi connectivity index (χ0n) is 11.0. The Morgan fingerprint density at radius 2 is 2.16 bits per heavy atom. The van der Waals surface area contributed by atoms with Crippen molar-refractivity contribution >= 4 is 11.7 Å². The predicted octanol–water partition coefficient (Wildman–Crippen LogP) is 1.77. The lowest BCUT2D eigenvalue weighted by molar-refractivity contribution is 0.0548. The molecular formula is C14H20N4O. The van der Waals surface area contributed by atoms with Crippen molar-refractivity contribution in [3.05, 3.63) is 23.9 Å². The third-order valence-corrected chi connectivity index (χ3v) is 4.41. The summed E-state index contributed by atoms with van der Waals surface area (Å²) in [6, 6.07) is 3.99. The van der Waals surface area contributed by atoms with Crippen LogP contribution in [0.4, 0.5) is 5.82 Å². The zero-order valence-corrected chi connectivity index (χ0v) is 11.0. The number of carbonyl (C=O) groups excluding carboxylic acids is 1. The van der Waals surface area contributed by atoms with Crippen LogP contribution in [-0.4, -0.2) is 28.4 Å². The molecule has 2 unspecified atom stereocenters. The molecule has 1 aromatic rings. The molecule has 0 bridgehead atoms. The van der Waals surface area contributed by atoms with Crippen LogP contribution in [0.3, 0.4) is 0 Å². The van der Waals surface area contributed by atoms with Crippen molar-refractivity contribution in [3.8, 4) is 0 Å². The molecule has 19 heavy (non-hydrogen) atoms. The van der Waals surface area contributed by atoms with Gasteiger partial charge in [-0.1, -0.05) is 6.42 Å². The Balaban J connectivity index is 1.78. The quantitative estimate of drug-likeness (QED) is 0.628. The summed E-state index contributed by atoms with van der Waals surface area (Å²) in [7, 11) is 0. The summed E-state index contributed by atoms with van der Waals surface area (Å²) in [5.41, 5.74) is 3.13. The van der Waals surface area contributed by atoms with Crippen LogP contribution >= 0.6 is 0 Å². The van der Waals surface area contributed by atoms with Crippen molar-refractivity contribution in [2.45, 2.75) is 38.1 Å². The highest BCUT2D eigenvalue weighted by Gasteiger charge is 2.37. The van der Waals surface area contributed by atoms with Crippen LogP contribution < -0.4 is 11.3 Å². The minimum Gasteiger partial charge on any atom is -0.335 e. The SMILES string of the molecule is NNc1ccc(C(=O)N2CCCC3CCCC32)cn1. The van der Waals surface area contributed by atoms with E-state index in [0.717, 1.165) is 25.3 Å². The van der Waals surface area contributed by atoms with Gasteiger partial charge in [-0.05, 0) is 43.7 Å². The topological polar surface area (TPSA) is 71.2 Å². The number of hydrogen-bond donors (Lipinski definition) is 2. The largest absolute Gasteiger partial charge is 0.335 e. The Morgan fingerprint density at radius 3 is 2.89 bits per heavy atom. The molecule has 1 aliphatic carbocycles. The van der Waals surface area contributed by atoms with Gasteiger partial charge >= 0.3 is 0 Å². The summed E-state index contributed by atoms with van der Waals surface area (Å²) in [5, 5.41) is 0. The summed E-state index contributed by atoms with van der Waals surface area (Å²) < 4.78 is 0. The molecule has 2 fully saturated rings. The fourth-order valence-corrected chi connectivity index (χ4v) is 3.48. The van der Waals surface area contributed by atoms with E-state index in [0.29, 0.717) is 17.4 Å². The van der Waals surface area contributed by atoms with E-state index in [1.54, 1.807) is 18.3 Å². The average Bonchev–Trinajstić information content (AvgIpc) is 2.95. The first-order valence-corrected chi connectivity index (χ1v) is 7.03. The van der Waals surface area contributed by atoms with E-state index >= 15 is 0 Å². The normalized spacial score (nSPS) is 26.1. The maximum absolute atomic E-state index is 12.6. The lowest BCUT2D eigenvalue weighted by Crippen LogP contribution is -2.46. The summed E-state index contributed by atoms with van der Waals surface area (Å²) in [6.45, 7) is 0.886. The number of anilines is 1. The van der Waals surface area contributed by atoms with Gasteiger partial charge in [0.25, 0.3) is 5.91 Å². The number of nitrogens with two attached hydrogens (primary N) is 1. The molecule has 0 radical (unpaired) electrons. The van der Waals surface area contributed by atoms with Crippen molar-refractivity contribution in [2.24, 2.45) is 11.8 Å². The van der Waals surface area contributed by atoms with E-state index in [4.69, 9.17) is 5.84 Å². The van der Waals surface area contributed by atoms with Crippen molar-refractivity contribution < 1.29 is 4.79 Å². The van der Waals surface area contributed by atoms with Crippen molar-refractivity contribution in [1.29, 1.82) is 0 Å². The molecule has 1 aromatic heterocycles. The molecule has 3 N–H and O–H groups in total. The predicted molar refractivity (Wildman–Crippen MR) is 73.4 cm³/mol. The van der Waals surface area contributed by atoms with E-state index < -0.39 is 0 Å². The first-order chi connectivity index (χ1) is 9.29. The number of likely N-dealkylation sites (tertiary alicyclic amines) is 1. The number of nitrogen functional groups attached to an aromatic ring is 1. The number of piperidine rings is 1. The van der Waals surface area contributed by atoms with Gasteiger partial charge in [0.2, 0.25) is 0 Å². The van der Waals surface area contributed by atoms with Gasteiger partial charge in [-0.25, -0.2) is 10.8 Å². The van der Waals surface area contributed by atoms with Crippen LogP contribution in [0.25, 0.3) is 0 Å². The Bertz CT molecular complexity index is 459. The Kier molecular flexibility index (Phi) is 3.38. The molecule has 0 spiro atoms. The lowest BCUT2D eigenvalue weighted by atomic mass is 9.91. The second-order valence-electron chi connectivity index (χ2n) is 5.48. The highest BCUT2D eigenvalue weighted by molar-refractivity contribution is 5.94. The van der Waals surface area contributed by atoms with Gasteiger partial charge in [0, 0.05) is 18.8 Å². The van der Waals surface area contributed by atoms with Gasteiger partial charge < -0.3 is 10.3 Å². The number of carbonyl (C=O) groups is 1. The Hall–Kier alpha value is -1.62. The number of amides is 1. The van der Waals surface area contributed by atoms with Crippen LogP contribution in [0.2, 0.25) is 0 Å². The molecule has 5 heteroatoms. The number of hydrogen-bond acceptors (Lipinski definition) is 4. The summed E-state index contributed by atoms with van der Waals surface area (Å²) in [5.74, 6) is 6.70. The van der Waals surface area contributed by atoms with Gasteiger partial charge in [0.05, 0.1) is 5.56 Å². The fourth-order valence-electron chi connectivity index (χ4n) is 3.48. The van der Waals surface area contributed by atoms with E-state index in [2.05, 4.69) is 15.3 Å². The molecule has 2 heterocycles. The fraction of sp³-hybridized carbons (Fsp3) is 0.571. The van der Waals surface area contributed by atoms with Crippen LogP contribution in [-0.2, 0) is 0 Å². The van der Waals surface area contributed by atoms with Gasteiger partial charge in [0.1, 0.15) is 5.82 Å². The summed E-state index contributed by atoms with van der Waals surface area (Å²) in [6.07, 6.45) is 7.71. The molecule has 1 saturated carbocycles. The number of hydrazine groups is 1. The number of aromatic nitrogens is 1. The lowest BCUT2D eigenvalue weighted by Gasteiger charge is -2.37. The first-order valence-electron chi connectivity index (χ1n) is 7.03. The highest BCUT2D eigenvalue weighted by Crippen LogP contribution is 2.37. The second kappa shape index (κ2) is 5.17. The molecule has 2 aliphatic rings. The number of nitrogens with zero attached hydrogens (tertiary/aromatic N) is 2. The first kappa shape index (κ1) is 12.4. The summed E-state index contributed by atoms with van der Waals surface area (Å²) >= 11 is 0. The van der Waals surface area contributed by atoms with Crippen LogP contribution in [0.1, 0.15) is 42.5 Å². The average molecular weight is 260 g/mol. The Morgan fingerprint density at radius 1 is 1.32 bits per heavy atom. The zero-order chi connectivity index (χ0) is 13.2. The smallest absolute Gasteiger partial charge is 0.255 e. The van der Waals surface area contributed by atoms with Crippen LogP contribution in [0.5, 0.6) is 0 Å². The van der Waals surface area contributed by atoms with Crippen molar-refractivity contribution in [2.75, 3.05) is 12.0 Å². The van der Waals surface area contributed by atoms with E-state index in [9.17, 15) is 4.79 Å². The van der Waals surface area contributed by atoms with Gasteiger partial charge in [-0.3, -0.25) is 4.79 Å². The molecular weight excluding hydrogens is 240 g/mol. The third kappa shape index (κ3) is 2.30. The summed E-state index contributed by atoms with van der Waals surface area (Å²) in [4.78, 5) is 18.8. The second-order valence-corrected chi connectivity index (χ2v) is 5.48. The van der Waals surface area contributed by atoms with Crippen molar-refractivity contribution in [1.82, 2.24) is 9.88 Å². The van der Waals surface area contributed by atoms with E-state index in [1.807, 2.05) is 0 Å². The maximum Gasteiger partial charge on any atom is 0.255 e. The molecule has 1 saturated heterocycles. The molecule has 5 nitrogen and oxygen atoms in total. The van der Waals surface area contributed by atoms with Gasteiger partial charge in [-0.2, -0.15) is 0 Å². The van der Waals surface area contributed by atoms with Gasteiger partial charge in [-0.15, -0.1) is 0 Å². The highest BCUT2D eigenvalue weighted by atomic mass is 16.2. The van der Waals surface area contributed by atoms with Gasteiger partial charge in [0.15, 0.2) is 0 Å². The number of rotatable bonds is 2. The minimum absolute atomic E-state index is 0.118.